The summed E-state index contributed by atoms with van der Waals surface area (Å²) in [6, 6.07) is 13.2. The number of hydrogen-bond donors (Lipinski definition) is 1. The number of pyridine rings is 1. The third-order valence-electron chi connectivity index (χ3n) is 6.46. The number of rotatable bonds is 6. The first-order valence-electron chi connectivity index (χ1n) is 10.8. The molecule has 0 amide bonds. The second-order valence-corrected chi connectivity index (χ2v) is 8.81. The highest BCUT2D eigenvalue weighted by Gasteiger charge is 2.52. The lowest BCUT2D eigenvalue weighted by molar-refractivity contribution is -0.286. The Labute approximate surface area is 194 Å². The molecule has 174 valence electrons. The van der Waals surface area contributed by atoms with Crippen molar-refractivity contribution in [2.24, 2.45) is 0 Å². The molecule has 2 aliphatic rings. The number of ketones is 1. The summed E-state index contributed by atoms with van der Waals surface area (Å²) >= 11 is 0. The fourth-order valence-electron chi connectivity index (χ4n) is 4.44. The van der Waals surface area contributed by atoms with Gasteiger partial charge >= 0.3 is 12.3 Å². The van der Waals surface area contributed by atoms with Gasteiger partial charge in [0.15, 0.2) is 11.5 Å². The molecule has 0 atom stereocenters. The molecule has 0 saturated heterocycles. The lowest BCUT2D eigenvalue weighted by atomic mass is 9.88. The van der Waals surface area contributed by atoms with Crippen LogP contribution in [0.15, 0.2) is 48.5 Å². The Bertz CT molecular complexity index is 1350. The van der Waals surface area contributed by atoms with E-state index >= 15 is 0 Å². The van der Waals surface area contributed by atoms with E-state index in [2.05, 4.69) is 9.47 Å². The topological polar surface area (TPSA) is 85.7 Å². The smallest absolute Gasteiger partial charge is 0.478 e. The number of carboxylic acid groups (broad SMARTS) is 1. The first kappa shape index (κ1) is 22.0. The molecule has 0 spiro atoms. The van der Waals surface area contributed by atoms with Crippen molar-refractivity contribution in [2.75, 3.05) is 0 Å². The molecule has 0 radical (unpaired) electrons. The normalized spacial score (nSPS) is 16.8. The molecule has 3 aromatic rings. The van der Waals surface area contributed by atoms with Gasteiger partial charge in [-0.25, -0.2) is 4.79 Å². The van der Waals surface area contributed by atoms with E-state index in [-0.39, 0.29) is 29.3 Å². The fraction of sp³-hybridized carbons (Fsp3) is 0.269. The number of aryl methyl sites for hydroxylation is 2. The number of nitrogens with zero attached hydrogens (tertiary/aromatic N) is 1. The highest BCUT2D eigenvalue weighted by atomic mass is 19.3. The highest BCUT2D eigenvalue weighted by molar-refractivity contribution is 5.94. The van der Waals surface area contributed by atoms with Crippen LogP contribution in [0.25, 0.3) is 11.3 Å². The first-order valence-corrected chi connectivity index (χ1v) is 10.8. The van der Waals surface area contributed by atoms with Gasteiger partial charge in [-0.1, -0.05) is 18.2 Å². The van der Waals surface area contributed by atoms with Crippen LogP contribution < -0.4 is 9.47 Å². The highest BCUT2D eigenvalue weighted by Crippen LogP contribution is 2.52. The minimum absolute atomic E-state index is 0.0437. The van der Waals surface area contributed by atoms with Crippen molar-refractivity contribution in [3.8, 4) is 22.8 Å². The molecule has 1 saturated carbocycles. The molecule has 6 nitrogen and oxygen atoms in total. The van der Waals surface area contributed by atoms with Crippen LogP contribution >= 0.6 is 0 Å². The molecular weight excluding hydrogens is 444 g/mol. The number of Topliss-reactive ketones (excluding diaryl/α,β-unsaturated/α-hetero) is 1. The van der Waals surface area contributed by atoms with E-state index in [0.717, 1.165) is 11.1 Å². The van der Waals surface area contributed by atoms with E-state index in [4.69, 9.17) is 4.98 Å². The Hall–Kier alpha value is -3.81. The van der Waals surface area contributed by atoms with Gasteiger partial charge in [0.25, 0.3) is 0 Å². The van der Waals surface area contributed by atoms with Crippen LogP contribution in [0.4, 0.5) is 8.78 Å². The summed E-state index contributed by atoms with van der Waals surface area (Å²) in [4.78, 5) is 29.3. The van der Waals surface area contributed by atoms with Crippen molar-refractivity contribution in [2.45, 2.75) is 44.8 Å². The zero-order chi connectivity index (χ0) is 24.3. The maximum absolute atomic E-state index is 13.4. The third-order valence-corrected chi connectivity index (χ3v) is 6.46. The van der Waals surface area contributed by atoms with Crippen LogP contribution in [0.1, 0.15) is 45.6 Å². The van der Waals surface area contributed by atoms with E-state index in [9.17, 15) is 23.5 Å². The maximum atomic E-state index is 13.4. The van der Waals surface area contributed by atoms with E-state index in [0.29, 0.717) is 35.4 Å². The molecule has 34 heavy (non-hydrogen) atoms. The van der Waals surface area contributed by atoms with Crippen LogP contribution in [0.3, 0.4) is 0 Å². The second-order valence-electron chi connectivity index (χ2n) is 8.81. The van der Waals surface area contributed by atoms with E-state index in [1.54, 1.807) is 37.3 Å². The van der Waals surface area contributed by atoms with E-state index < -0.39 is 17.7 Å². The van der Waals surface area contributed by atoms with Crippen molar-refractivity contribution >= 4 is 11.8 Å². The molecule has 0 bridgehead atoms. The predicted octanol–water partition coefficient (Wildman–Crippen LogP) is 5.23. The molecule has 0 unspecified atom stereocenters. The summed E-state index contributed by atoms with van der Waals surface area (Å²) in [6.07, 6.45) is -2.37. The second kappa shape index (κ2) is 7.62. The van der Waals surface area contributed by atoms with Gasteiger partial charge in [-0.2, -0.15) is 0 Å². The number of halogens is 2. The number of aromatic nitrogens is 1. The molecule has 2 aromatic carbocycles. The van der Waals surface area contributed by atoms with Crippen molar-refractivity contribution in [3.05, 3.63) is 76.5 Å². The summed E-state index contributed by atoms with van der Waals surface area (Å²) in [5.74, 6) is -1.16. The van der Waals surface area contributed by atoms with Crippen molar-refractivity contribution in [1.29, 1.82) is 0 Å². The number of aromatic carboxylic acids is 1. The van der Waals surface area contributed by atoms with Gasteiger partial charge in [0, 0.05) is 17.7 Å². The van der Waals surface area contributed by atoms with Crippen LogP contribution in [0.2, 0.25) is 0 Å². The summed E-state index contributed by atoms with van der Waals surface area (Å²) in [5.41, 5.74) is 3.67. The van der Waals surface area contributed by atoms with Crippen molar-refractivity contribution in [3.63, 3.8) is 0 Å². The molecule has 5 rings (SSSR count). The van der Waals surface area contributed by atoms with Gasteiger partial charge in [0.2, 0.25) is 0 Å². The van der Waals surface area contributed by atoms with Crippen molar-refractivity contribution in [1.82, 2.24) is 4.98 Å². The summed E-state index contributed by atoms with van der Waals surface area (Å²) in [7, 11) is 0. The number of alkyl halides is 2. The molecular formula is C26H21F2NO5. The number of hydrogen-bond acceptors (Lipinski definition) is 5. The first-order chi connectivity index (χ1) is 16.1. The Morgan fingerprint density at radius 1 is 0.971 bits per heavy atom. The Morgan fingerprint density at radius 3 is 2.38 bits per heavy atom. The van der Waals surface area contributed by atoms with Gasteiger partial charge in [0.1, 0.15) is 5.78 Å². The molecule has 1 aliphatic heterocycles. The van der Waals surface area contributed by atoms with Crippen LogP contribution in [0, 0.1) is 13.8 Å². The van der Waals surface area contributed by atoms with Gasteiger partial charge in [0.05, 0.1) is 16.7 Å². The predicted molar refractivity (Wildman–Crippen MR) is 118 cm³/mol. The van der Waals surface area contributed by atoms with Gasteiger partial charge in [-0.05, 0) is 73.7 Å². The Morgan fingerprint density at radius 2 is 1.71 bits per heavy atom. The minimum Gasteiger partial charge on any atom is -0.478 e. The number of carbonyl (C=O) groups excluding carboxylic acids is 1. The Balaban J connectivity index is 1.40. The largest absolute Gasteiger partial charge is 0.586 e. The lowest BCUT2D eigenvalue weighted by Gasteiger charge is -2.16. The summed E-state index contributed by atoms with van der Waals surface area (Å²) < 4.78 is 35.8. The molecule has 8 heteroatoms. The zero-order valence-electron chi connectivity index (χ0n) is 18.5. The fourth-order valence-corrected chi connectivity index (χ4v) is 4.44. The average molecular weight is 465 g/mol. The number of benzene rings is 2. The standard InChI is InChI=1S/C26H21F2NO5/c1-14-3-6-18(29-23(14)16-4-7-19(24(31)32)15(2)11-16)13-22(30)25(9-10-25)17-5-8-20-21(12-17)34-26(27,28)33-20/h3-8,11-12H,9-10,13H2,1-2H3,(H,31,32). The average Bonchev–Trinajstić information content (AvgIpc) is 3.52. The van der Waals surface area contributed by atoms with Gasteiger partial charge in [-0.15, -0.1) is 8.78 Å². The summed E-state index contributed by atoms with van der Waals surface area (Å²) in [6.45, 7) is 3.63. The SMILES string of the molecule is Cc1cc(-c2nc(CC(=O)C3(c4ccc5c(c4)OC(F)(F)O5)CC3)ccc2C)ccc1C(=O)O. The summed E-state index contributed by atoms with van der Waals surface area (Å²) in [5, 5.41) is 9.27. The van der Waals surface area contributed by atoms with Gasteiger partial charge in [-0.3, -0.25) is 9.78 Å². The number of carboxylic acids is 1. The number of ether oxygens (including phenoxy) is 2. The number of carbonyl (C=O) groups is 2. The molecule has 1 aliphatic carbocycles. The molecule has 1 aromatic heterocycles. The lowest BCUT2D eigenvalue weighted by Crippen LogP contribution is -2.26. The minimum atomic E-state index is -3.70. The third kappa shape index (κ3) is 3.79. The Kier molecular flexibility index (Phi) is 4.93. The molecule has 2 heterocycles. The van der Waals surface area contributed by atoms with Crippen LogP contribution in [0.5, 0.6) is 11.5 Å². The quantitative estimate of drug-likeness (QED) is 0.537. The van der Waals surface area contributed by atoms with E-state index in [1.165, 1.54) is 12.1 Å². The maximum Gasteiger partial charge on any atom is 0.586 e. The molecule has 1 fully saturated rings. The van der Waals surface area contributed by atoms with Crippen molar-refractivity contribution < 1.29 is 33.0 Å². The van der Waals surface area contributed by atoms with Crippen LogP contribution in [-0.4, -0.2) is 28.1 Å². The zero-order valence-corrected chi connectivity index (χ0v) is 18.5. The number of fused-ring (bicyclic) bond motifs is 1. The van der Waals surface area contributed by atoms with Gasteiger partial charge < -0.3 is 14.6 Å². The molecule has 1 N–H and O–H groups in total. The monoisotopic (exact) mass is 465 g/mol. The van der Waals surface area contributed by atoms with Crippen LogP contribution in [-0.2, 0) is 16.6 Å². The van der Waals surface area contributed by atoms with E-state index in [1.807, 2.05) is 13.0 Å².